The lowest BCUT2D eigenvalue weighted by Crippen LogP contribution is -2.26. The summed E-state index contributed by atoms with van der Waals surface area (Å²) in [5, 5.41) is 2.96. The Morgan fingerprint density at radius 2 is 2.00 bits per heavy atom. The van der Waals surface area contributed by atoms with E-state index in [4.69, 9.17) is 9.47 Å². The SMILES string of the molecule is COc1ccc(CCNC(=O)c2ccc3c(c2)C=CC(C)O3)cc1. The van der Waals surface area contributed by atoms with E-state index in [-0.39, 0.29) is 12.0 Å². The highest BCUT2D eigenvalue weighted by Gasteiger charge is 2.13. The molecule has 1 heterocycles. The molecule has 2 aromatic rings. The fourth-order valence-electron chi connectivity index (χ4n) is 2.62. The summed E-state index contributed by atoms with van der Waals surface area (Å²) in [4.78, 5) is 12.3. The highest BCUT2D eigenvalue weighted by atomic mass is 16.5. The van der Waals surface area contributed by atoms with Crippen molar-refractivity contribution < 1.29 is 14.3 Å². The zero-order valence-corrected chi connectivity index (χ0v) is 13.9. The van der Waals surface area contributed by atoms with Gasteiger partial charge in [0.25, 0.3) is 5.91 Å². The Balaban J connectivity index is 1.56. The van der Waals surface area contributed by atoms with Crippen molar-refractivity contribution in [2.75, 3.05) is 13.7 Å². The van der Waals surface area contributed by atoms with Crippen molar-refractivity contribution in [1.29, 1.82) is 0 Å². The Morgan fingerprint density at radius 1 is 1.21 bits per heavy atom. The maximum Gasteiger partial charge on any atom is 0.251 e. The van der Waals surface area contributed by atoms with Crippen LogP contribution in [0.5, 0.6) is 11.5 Å². The molecule has 0 saturated heterocycles. The van der Waals surface area contributed by atoms with Crippen LogP contribution in [0.1, 0.15) is 28.4 Å². The van der Waals surface area contributed by atoms with E-state index in [9.17, 15) is 4.79 Å². The first-order valence-corrected chi connectivity index (χ1v) is 8.06. The van der Waals surface area contributed by atoms with Gasteiger partial charge in [-0.2, -0.15) is 0 Å². The third-order valence-electron chi connectivity index (χ3n) is 3.99. The molecule has 124 valence electrons. The first-order valence-electron chi connectivity index (χ1n) is 8.06. The molecule has 4 heteroatoms. The zero-order chi connectivity index (χ0) is 16.9. The molecular weight excluding hydrogens is 302 g/mol. The summed E-state index contributed by atoms with van der Waals surface area (Å²) in [6.07, 6.45) is 4.83. The van der Waals surface area contributed by atoms with E-state index in [0.29, 0.717) is 12.1 Å². The van der Waals surface area contributed by atoms with Gasteiger partial charge in [-0.15, -0.1) is 0 Å². The van der Waals surface area contributed by atoms with Crippen LogP contribution in [-0.2, 0) is 6.42 Å². The standard InChI is InChI=1S/C20H21NO3/c1-14-3-6-16-13-17(7-10-19(16)24-14)20(22)21-12-11-15-4-8-18(23-2)9-5-15/h3-10,13-14H,11-12H2,1-2H3,(H,21,22). The van der Waals surface area contributed by atoms with E-state index in [2.05, 4.69) is 5.32 Å². The lowest BCUT2D eigenvalue weighted by molar-refractivity contribution is 0.0954. The molecule has 0 bridgehead atoms. The van der Waals surface area contributed by atoms with Crippen LogP contribution in [-0.4, -0.2) is 25.7 Å². The average Bonchev–Trinajstić information content (AvgIpc) is 2.61. The van der Waals surface area contributed by atoms with E-state index in [1.807, 2.05) is 55.5 Å². The second-order valence-electron chi connectivity index (χ2n) is 5.79. The van der Waals surface area contributed by atoms with Crippen LogP contribution in [0.3, 0.4) is 0 Å². The van der Waals surface area contributed by atoms with Gasteiger partial charge in [0.05, 0.1) is 7.11 Å². The Hall–Kier alpha value is -2.75. The molecular formula is C20H21NO3. The summed E-state index contributed by atoms with van der Waals surface area (Å²) in [6.45, 7) is 2.57. The molecule has 1 atom stereocenters. The van der Waals surface area contributed by atoms with Crippen LogP contribution < -0.4 is 14.8 Å². The van der Waals surface area contributed by atoms with Gasteiger partial charge in [-0.1, -0.05) is 18.2 Å². The fraction of sp³-hybridized carbons (Fsp3) is 0.250. The van der Waals surface area contributed by atoms with Crippen LogP contribution in [0.15, 0.2) is 48.5 Å². The Morgan fingerprint density at radius 3 is 2.75 bits per heavy atom. The van der Waals surface area contributed by atoms with Crippen molar-refractivity contribution in [3.63, 3.8) is 0 Å². The predicted molar refractivity (Wildman–Crippen MR) is 94.6 cm³/mol. The summed E-state index contributed by atoms with van der Waals surface area (Å²) in [5.74, 6) is 1.58. The van der Waals surface area contributed by atoms with Crippen LogP contribution >= 0.6 is 0 Å². The summed E-state index contributed by atoms with van der Waals surface area (Å²) in [7, 11) is 1.65. The van der Waals surface area contributed by atoms with Gasteiger partial charge >= 0.3 is 0 Å². The maximum atomic E-state index is 12.3. The summed E-state index contributed by atoms with van der Waals surface area (Å²) in [5.41, 5.74) is 2.74. The minimum Gasteiger partial charge on any atom is -0.497 e. The number of benzene rings is 2. The van der Waals surface area contributed by atoms with Gasteiger partial charge in [-0.05, 0) is 55.3 Å². The average molecular weight is 323 g/mol. The van der Waals surface area contributed by atoms with Gasteiger partial charge in [0.1, 0.15) is 17.6 Å². The number of methoxy groups -OCH3 is 1. The molecule has 4 nitrogen and oxygen atoms in total. The van der Waals surface area contributed by atoms with Gasteiger partial charge in [0.15, 0.2) is 0 Å². The molecule has 0 fully saturated rings. The second kappa shape index (κ2) is 7.21. The van der Waals surface area contributed by atoms with E-state index >= 15 is 0 Å². The molecule has 1 aliphatic heterocycles. The number of hydrogen-bond acceptors (Lipinski definition) is 3. The normalized spacial score (nSPS) is 15.3. The quantitative estimate of drug-likeness (QED) is 0.916. The van der Waals surface area contributed by atoms with Crippen molar-refractivity contribution in [2.24, 2.45) is 0 Å². The van der Waals surface area contributed by atoms with Gasteiger partial charge in [0, 0.05) is 17.7 Å². The molecule has 1 N–H and O–H groups in total. The van der Waals surface area contributed by atoms with E-state index < -0.39 is 0 Å². The van der Waals surface area contributed by atoms with Crippen LogP contribution in [0.4, 0.5) is 0 Å². The first-order chi connectivity index (χ1) is 11.7. The topological polar surface area (TPSA) is 47.6 Å². The summed E-state index contributed by atoms with van der Waals surface area (Å²) < 4.78 is 10.8. The molecule has 0 radical (unpaired) electrons. The minimum absolute atomic E-state index is 0.0710. The Bertz CT molecular complexity index is 750. The Kier molecular flexibility index (Phi) is 4.85. The fourth-order valence-corrected chi connectivity index (χ4v) is 2.62. The van der Waals surface area contributed by atoms with Gasteiger partial charge < -0.3 is 14.8 Å². The first kappa shape index (κ1) is 16.1. The number of fused-ring (bicyclic) bond motifs is 1. The van der Waals surface area contributed by atoms with E-state index in [1.165, 1.54) is 0 Å². The number of amides is 1. The Labute approximate surface area is 142 Å². The molecule has 24 heavy (non-hydrogen) atoms. The molecule has 1 aliphatic rings. The highest BCUT2D eigenvalue weighted by Crippen LogP contribution is 2.26. The number of carbonyl (C=O) groups excluding carboxylic acids is 1. The third kappa shape index (κ3) is 3.77. The van der Waals surface area contributed by atoms with Gasteiger partial charge in [0.2, 0.25) is 0 Å². The van der Waals surface area contributed by atoms with Crippen molar-refractivity contribution >= 4 is 12.0 Å². The molecule has 1 unspecified atom stereocenters. The summed E-state index contributed by atoms with van der Waals surface area (Å²) >= 11 is 0. The minimum atomic E-state index is -0.0710. The lowest BCUT2D eigenvalue weighted by Gasteiger charge is -2.18. The number of rotatable bonds is 5. The third-order valence-corrected chi connectivity index (χ3v) is 3.99. The van der Waals surface area contributed by atoms with Crippen molar-refractivity contribution in [3.8, 4) is 11.5 Å². The number of hydrogen-bond donors (Lipinski definition) is 1. The molecule has 1 amide bonds. The number of ether oxygens (including phenoxy) is 2. The van der Waals surface area contributed by atoms with Gasteiger partial charge in [-0.3, -0.25) is 4.79 Å². The van der Waals surface area contributed by atoms with Crippen LogP contribution in [0, 0.1) is 0 Å². The van der Waals surface area contributed by atoms with Crippen molar-refractivity contribution in [1.82, 2.24) is 5.32 Å². The van der Waals surface area contributed by atoms with Gasteiger partial charge in [-0.25, -0.2) is 0 Å². The maximum absolute atomic E-state index is 12.3. The van der Waals surface area contributed by atoms with Crippen molar-refractivity contribution in [3.05, 3.63) is 65.2 Å². The van der Waals surface area contributed by atoms with E-state index in [1.54, 1.807) is 13.2 Å². The highest BCUT2D eigenvalue weighted by molar-refractivity contribution is 5.95. The molecule has 0 aliphatic carbocycles. The summed E-state index contributed by atoms with van der Waals surface area (Å²) in [6, 6.07) is 13.4. The molecule has 0 spiro atoms. The van der Waals surface area contributed by atoms with Crippen LogP contribution in [0.25, 0.3) is 6.08 Å². The predicted octanol–water partition coefficient (Wildman–Crippen LogP) is 3.46. The van der Waals surface area contributed by atoms with E-state index in [0.717, 1.165) is 29.0 Å². The largest absolute Gasteiger partial charge is 0.497 e. The molecule has 0 saturated carbocycles. The van der Waals surface area contributed by atoms with Crippen molar-refractivity contribution in [2.45, 2.75) is 19.4 Å². The zero-order valence-electron chi connectivity index (χ0n) is 13.9. The second-order valence-corrected chi connectivity index (χ2v) is 5.79. The molecule has 3 rings (SSSR count). The monoisotopic (exact) mass is 323 g/mol. The lowest BCUT2D eigenvalue weighted by atomic mass is 10.1. The number of nitrogens with one attached hydrogen (secondary N) is 1. The number of carbonyl (C=O) groups is 1. The molecule has 0 aromatic heterocycles. The molecule has 2 aromatic carbocycles. The smallest absolute Gasteiger partial charge is 0.251 e. The van der Waals surface area contributed by atoms with Crippen LogP contribution in [0.2, 0.25) is 0 Å².